The van der Waals surface area contributed by atoms with Crippen molar-refractivity contribution in [1.29, 1.82) is 0 Å². The van der Waals surface area contributed by atoms with Gasteiger partial charge < -0.3 is 14.2 Å². The summed E-state index contributed by atoms with van der Waals surface area (Å²) in [6, 6.07) is 0. The van der Waals surface area contributed by atoms with Crippen molar-refractivity contribution in [2.75, 3.05) is 13.2 Å². The van der Waals surface area contributed by atoms with Crippen molar-refractivity contribution in [3.8, 4) is 0 Å². The minimum absolute atomic E-state index is 0.102. The highest BCUT2D eigenvalue weighted by molar-refractivity contribution is 5.71. The number of hydrogen-bond donors (Lipinski definition) is 0. The molecule has 1 atom stereocenters. The third-order valence-corrected chi connectivity index (χ3v) is 7.52. The summed E-state index contributed by atoms with van der Waals surface area (Å²) < 4.78 is 16.4. The molecule has 0 aromatic rings. The molecule has 0 aliphatic rings. The van der Waals surface area contributed by atoms with Crippen molar-refractivity contribution in [3.63, 3.8) is 0 Å². The molecule has 0 aromatic heterocycles. The summed E-state index contributed by atoms with van der Waals surface area (Å²) in [5.41, 5.74) is 0. The summed E-state index contributed by atoms with van der Waals surface area (Å²) in [6.07, 6.45) is 41.0. The van der Waals surface area contributed by atoms with Crippen LogP contribution in [0.15, 0.2) is 60.8 Å². The second-order valence-electron chi connectivity index (χ2n) is 12.1. The molecule has 1 unspecified atom stereocenters. The van der Waals surface area contributed by atoms with Crippen LogP contribution in [0.1, 0.15) is 162 Å². The molecule has 268 valence electrons. The fraction of sp³-hybridized carbons (Fsp3) is 0.683. The first-order chi connectivity index (χ1) is 23.0. The minimum Gasteiger partial charge on any atom is -0.462 e. The number of carbonyl (C=O) groups is 3. The van der Waals surface area contributed by atoms with Gasteiger partial charge in [0.2, 0.25) is 0 Å². The lowest BCUT2D eigenvalue weighted by Gasteiger charge is -2.18. The number of esters is 3. The molecule has 0 aliphatic carbocycles. The first kappa shape index (κ1) is 44.1. The Hall–Kier alpha value is -2.89. The van der Waals surface area contributed by atoms with Crippen LogP contribution in [-0.2, 0) is 28.6 Å². The lowest BCUT2D eigenvalue weighted by atomic mass is 10.1. The van der Waals surface area contributed by atoms with Crippen molar-refractivity contribution >= 4 is 17.9 Å². The summed E-state index contributed by atoms with van der Waals surface area (Å²) in [4.78, 5) is 37.1. The maximum absolute atomic E-state index is 12.6. The van der Waals surface area contributed by atoms with E-state index in [1.165, 1.54) is 25.7 Å². The number of rotatable bonds is 32. The number of ether oxygens (including phenoxy) is 3. The van der Waals surface area contributed by atoms with Gasteiger partial charge in [0.1, 0.15) is 13.2 Å². The second-order valence-corrected chi connectivity index (χ2v) is 12.1. The zero-order valence-electron chi connectivity index (χ0n) is 30.3. The summed E-state index contributed by atoms with van der Waals surface area (Å²) >= 11 is 0. The molecule has 0 N–H and O–H groups in total. The summed E-state index contributed by atoms with van der Waals surface area (Å²) in [6.45, 7) is 6.28. The SMILES string of the molecule is CC/C=C\C/C=C\C/C=C\C/C=C\CCC(=O)OCC(COC(=O)CCCCCCC)OC(=O)CCCCCCC/C=C\CCCC. The smallest absolute Gasteiger partial charge is 0.306 e. The zero-order chi connectivity index (χ0) is 34.5. The van der Waals surface area contributed by atoms with E-state index < -0.39 is 6.10 Å². The van der Waals surface area contributed by atoms with E-state index in [0.717, 1.165) is 89.9 Å². The van der Waals surface area contributed by atoms with E-state index in [0.29, 0.717) is 19.3 Å². The Morgan fingerprint density at radius 3 is 1.49 bits per heavy atom. The van der Waals surface area contributed by atoms with Crippen molar-refractivity contribution < 1.29 is 28.6 Å². The molecular formula is C41H68O6. The monoisotopic (exact) mass is 657 g/mol. The van der Waals surface area contributed by atoms with Crippen molar-refractivity contribution in [3.05, 3.63) is 60.8 Å². The number of carbonyl (C=O) groups excluding carboxylic acids is 3. The molecule has 47 heavy (non-hydrogen) atoms. The number of hydrogen-bond acceptors (Lipinski definition) is 6. The minimum atomic E-state index is -0.799. The van der Waals surface area contributed by atoms with Crippen LogP contribution in [0.25, 0.3) is 0 Å². The first-order valence-corrected chi connectivity index (χ1v) is 18.8. The third-order valence-electron chi connectivity index (χ3n) is 7.52. The van der Waals surface area contributed by atoms with Gasteiger partial charge in [-0.05, 0) is 64.2 Å². The van der Waals surface area contributed by atoms with E-state index in [4.69, 9.17) is 14.2 Å². The molecule has 0 rings (SSSR count). The van der Waals surface area contributed by atoms with E-state index in [1.807, 2.05) is 12.2 Å². The summed E-state index contributed by atoms with van der Waals surface area (Å²) in [7, 11) is 0. The standard InChI is InChI=1S/C41H68O6/c1-4-7-10-13-15-17-19-20-22-23-25-28-31-34-40(43)46-37-38(36-45-39(42)33-30-27-12-9-6-3)47-41(44)35-32-29-26-24-21-18-16-14-11-8-5-2/h7,10,14-17,20,22,25,28,38H,4-6,8-9,11-13,18-19,21,23-24,26-27,29-37H2,1-3H3/b10-7-,16-14-,17-15-,22-20-,28-25-. The molecule has 0 spiro atoms. The van der Waals surface area contributed by atoms with Crippen LogP contribution in [0.3, 0.4) is 0 Å². The van der Waals surface area contributed by atoms with Crippen LogP contribution in [0.5, 0.6) is 0 Å². The van der Waals surface area contributed by atoms with Crippen LogP contribution in [-0.4, -0.2) is 37.2 Å². The highest BCUT2D eigenvalue weighted by Crippen LogP contribution is 2.11. The maximum atomic E-state index is 12.6. The topological polar surface area (TPSA) is 78.9 Å². The molecule has 6 heteroatoms. The van der Waals surface area contributed by atoms with Crippen LogP contribution >= 0.6 is 0 Å². The van der Waals surface area contributed by atoms with E-state index in [-0.39, 0.29) is 37.5 Å². The van der Waals surface area contributed by atoms with E-state index in [2.05, 4.69) is 69.4 Å². The van der Waals surface area contributed by atoms with Gasteiger partial charge in [-0.25, -0.2) is 0 Å². The average Bonchev–Trinajstić information content (AvgIpc) is 3.06. The maximum Gasteiger partial charge on any atom is 0.306 e. The van der Waals surface area contributed by atoms with Crippen molar-refractivity contribution in [2.45, 2.75) is 168 Å². The van der Waals surface area contributed by atoms with Gasteiger partial charge in [-0.1, -0.05) is 139 Å². The highest BCUT2D eigenvalue weighted by Gasteiger charge is 2.19. The van der Waals surface area contributed by atoms with Gasteiger partial charge in [-0.15, -0.1) is 0 Å². The first-order valence-electron chi connectivity index (χ1n) is 18.8. The third kappa shape index (κ3) is 34.3. The van der Waals surface area contributed by atoms with Gasteiger partial charge in [0.05, 0.1) is 0 Å². The number of unbranched alkanes of at least 4 members (excludes halogenated alkanes) is 11. The molecule has 0 heterocycles. The number of allylic oxidation sites excluding steroid dienone is 10. The highest BCUT2D eigenvalue weighted by atomic mass is 16.6. The summed E-state index contributed by atoms with van der Waals surface area (Å²) in [5, 5.41) is 0. The van der Waals surface area contributed by atoms with Gasteiger partial charge in [0.25, 0.3) is 0 Å². The van der Waals surface area contributed by atoms with Gasteiger partial charge in [-0.3, -0.25) is 14.4 Å². The summed E-state index contributed by atoms with van der Waals surface area (Å²) in [5.74, 6) is -1.02. The Morgan fingerprint density at radius 1 is 0.447 bits per heavy atom. The van der Waals surface area contributed by atoms with E-state index in [9.17, 15) is 14.4 Å². The molecule has 0 saturated carbocycles. The van der Waals surface area contributed by atoms with Gasteiger partial charge in [0.15, 0.2) is 6.10 Å². The molecule has 0 fully saturated rings. The zero-order valence-corrected chi connectivity index (χ0v) is 30.3. The van der Waals surface area contributed by atoms with Gasteiger partial charge in [0, 0.05) is 19.3 Å². The van der Waals surface area contributed by atoms with E-state index in [1.54, 1.807) is 0 Å². The fourth-order valence-corrected chi connectivity index (χ4v) is 4.67. The largest absolute Gasteiger partial charge is 0.462 e. The van der Waals surface area contributed by atoms with Crippen LogP contribution < -0.4 is 0 Å². The Bertz CT molecular complexity index is 898. The Morgan fingerprint density at radius 2 is 0.894 bits per heavy atom. The quantitative estimate of drug-likeness (QED) is 0.0310. The fourth-order valence-electron chi connectivity index (χ4n) is 4.67. The Balaban J connectivity index is 4.44. The lowest BCUT2D eigenvalue weighted by Crippen LogP contribution is -2.30. The lowest BCUT2D eigenvalue weighted by molar-refractivity contribution is -0.166. The second kappa shape index (κ2) is 36.0. The Labute approximate surface area is 288 Å². The Kier molecular flexibility index (Phi) is 33.7. The predicted octanol–water partition coefficient (Wildman–Crippen LogP) is 11.4. The van der Waals surface area contributed by atoms with Gasteiger partial charge in [-0.2, -0.15) is 0 Å². The molecule has 0 saturated heterocycles. The van der Waals surface area contributed by atoms with Crippen molar-refractivity contribution in [1.82, 2.24) is 0 Å². The van der Waals surface area contributed by atoms with Crippen molar-refractivity contribution in [2.24, 2.45) is 0 Å². The average molecular weight is 657 g/mol. The predicted molar refractivity (Wildman–Crippen MR) is 196 cm³/mol. The molecule has 6 nitrogen and oxygen atoms in total. The van der Waals surface area contributed by atoms with Crippen LogP contribution in [0.2, 0.25) is 0 Å². The molecule has 0 bridgehead atoms. The molecular weight excluding hydrogens is 588 g/mol. The molecule has 0 aliphatic heterocycles. The van der Waals surface area contributed by atoms with Crippen LogP contribution in [0.4, 0.5) is 0 Å². The molecule has 0 aromatic carbocycles. The molecule has 0 radical (unpaired) electrons. The van der Waals surface area contributed by atoms with Gasteiger partial charge >= 0.3 is 17.9 Å². The molecule has 0 amide bonds. The normalized spacial score (nSPS) is 12.7. The van der Waals surface area contributed by atoms with Crippen LogP contribution in [0, 0.1) is 0 Å². The van der Waals surface area contributed by atoms with E-state index >= 15 is 0 Å².